The number of aromatic nitrogens is 5. The summed E-state index contributed by atoms with van der Waals surface area (Å²) in [6, 6.07) is 2.03. The molecule has 2 aromatic rings. The first kappa shape index (κ1) is 12.8. The Balaban J connectivity index is 2.14. The topological polar surface area (TPSA) is 68.8 Å². The maximum absolute atomic E-state index is 9.67. The quantitative estimate of drug-likeness (QED) is 0.855. The highest BCUT2D eigenvalue weighted by molar-refractivity contribution is 5.07. The van der Waals surface area contributed by atoms with E-state index in [1.165, 1.54) is 6.33 Å². The molecule has 0 radical (unpaired) electrons. The van der Waals surface area contributed by atoms with Crippen molar-refractivity contribution in [3.63, 3.8) is 0 Å². The average Bonchev–Trinajstić information content (AvgIpc) is 2.87. The molecule has 2 heterocycles. The van der Waals surface area contributed by atoms with E-state index >= 15 is 0 Å². The Kier molecular flexibility index (Phi) is 3.76. The van der Waals surface area contributed by atoms with Gasteiger partial charge in [-0.1, -0.05) is 6.92 Å². The van der Waals surface area contributed by atoms with Gasteiger partial charge in [-0.05, 0) is 26.3 Å². The summed E-state index contributed by atoms with van der Waals surface area (Å²) in [5, 5.41) is 18.2. The number of aliphatic hydroxyl groups is 1. The summed E-state index contributed by atoms with van der Waals surface area (Å²) >= 11 is 0. The van der Waals surface area contributed by atoms with Crippen molar-refractivity contribution >= 4 is 0 Å². The molecule has 0 saturated carbocycles. The van der Waals surface area contributed by atoms with E-state index < -0.39 is 0 Å². The zero-order valence-electron chi connectivity index (χ0n) is 11.0. The van der Waals surface area contributed by atoms with Gasteiger partial charge in [-0.25, -0.2) is 9.67 Å². The van der Waals surface area contributed by atoms with Crippen molar-refractivity contribution in [1.82, 2.24) is 24.5 Å². The molecule has 0 amide bonds. The van der Waals surface area contributed by atoms with Crippen molar-refractivity contribution in [2.24, 2.45) is 0 Å². The average molecular weight is 249 g/mol. The van der Waals surface area contributed by atoms with E-state index in [9.17, 15) is 5.11 Å². The lowest BCUT2D eigenvalue weighted by Crippen LogP contribution is -2.19. The van der Waals surface area contributed by atoms with Crippen molar-refractivity contribution in [3.05, 3.63) is 29.6 Å². The van der Waals surface area contributed by atoms with E-state index in [0.29, 0.717) is 19.5 Å². The Morgan fingerprint density at radius 2 is 2.11 bits per heavy atom. The van der Waals surface area contributed by atoms with Crippen LogP contribution in [-0.4, -0.2) is 35.8 Å². The molecule has 6 nitrogen and oxygen atoms in total. The fourth-order valence-corrected chi connectivity index (χ4v) is 1.86. The second-order valence-electron chi connectivity index (χ2n) is 4.51. The lowest BCUT2D eigenvalue weighted by atomic mass is 10.3. The first-order chi connectivity index (χ1) is 8.60. The summed E-state index contributed by atoms with van der Waals surface area (Å²) < 4.78 is 3.64. The van der Waals surface area contributed by atoms with Crippen molar-refractivity contribution in [1.29, 1.82) is 0 Å². The molecule has 2 rings (SSSR count). The number of hydrogen-bond acceptors (Lipinski definition) is 4. The van der Waals surface area contributed by atoms with E-state index in [0.717, 1.165) is 17.2 Å². The normalized spacial score (nSPS) is 12.9. The minimum Gasteiger partial charge on any atom is -0.391 e. The molecule has 0 aliphatic carbocycles. The van der Waals surface area contributed by atoms with Crippen LogP contribution in [-0.2, 0) is 13.1 Å². The first-order valence-electron chi connectivity index (χ1n) is 6.16. The van der Waals surface area contributed by atoms with E-state index in [4.69, 9.17) is 0 Å². The molecule has 1 N–H and O–H groups in total. The van der Waals surface area contributed by atoms with Crippen LogP contribution < -0.4 is 0 Å². The van der Waals surface area contributed by atoms with Crippen molar-refractivity contribution in [2.45, 2.75) is 46.4 Å². The Labute approximate surface area is 106 Å². The molecule has 18 heavy (non-hydrogen) atoms. The van der Waals surface area contributed by atoms with Crippen molar-refractivity contribution in [3.8, 4) is 0 Å². The highest BCUT2D eigenvalue weighted by Crippen LogP contribution is 2.06. The highest BCUT2D eigenvalue weighted by Gasteiger charge is 2.11. The number of hydrogen-bond donors (Lipinski definition) is 1. The number of rotatable bonds is 5. The van der Waals surface area contributed by atoms with E-state index in [1.807, 2.05) is 31.5 Å². The summed E-state index contributed by atoms with van der Waals surface area (Å²) in [6.45, 7) is 6.99. The molecule has 0 aromatic carbocycles. The maximum atomic E-state index is 9.67. The zero-order valence-corrected chi connectivity index (χ0v) is 11.0. The zero-order chi connectivity index (χ0) is 13.1. The van der Waals surface area contributed by atoms with Gasteiger partial charge in [-0.15, -0.1) is 0 Å². The van der Waals surface area contributed by atoms with Gasteiger partial charge in [0.2, 0.25) is 0 Å². The number of aliphatic hydroxyl groups excluding tert-OH is 1. The molecular formula is C12H19N5O. The van der Waals surface area contributed by atoms with Crippen molar-refractivity contribution < 1.29 is 5.11 Å². The number of nitrogens with zero attached hydrogens (tertiary/aromatic N) is 5. The molecule has 0 aliphatic heterocycles. The summed E-state index contributed by atoms with van der Waals surface area (Å²) in [6.07, 6.45) is 1.84. The minimum atomic E-state index is -0.383. The van der Waals surface area contributed by atoms with E-state index in [2.05, 4.69) is 15.2 Å². The van der Waals surface area contributed by atoms with Gasteiger partial charge in [0.1, 0.15) is 18.7 Å². The fraction of sp³-hybridized carbons (Fsp3) is 0.583. The highest BCUT2D eigenvalue weighted by atomic mass is 16.3. The molecule has 0 spiro atoms. The van der Waals surface area contributed by atoms with Gasteiger partial charge in [0.05, 0.1) is 18.3 Å². The Hall–Kier alpha value is -1.69. The van der Waals surface area contributed by atoms with Crippen LogP contribution in [0.2, 0.25) is 0 Å². The van der Waals surface area contributed by atoms with Gasteiger partial charge in [-0.3, -0.25) is 4.68 Å². The third-order valence-electron chi connectivity index (χ3n) is 2.95. The van der Waals surface area contributed by atoms with Gasteiger partial charge in [0.15, 0.2) is 0 Å². The summed E-state index contributed by atoms with van der Waals surface area (Å²) in [5.41, 5.74) is 2.09. The maximum Gasteiger partial charge on any atom is 0.148 e. The molecule has 0 fully saturated rings. The van der Waals surface area contributed by atoms with Gasteiger partial charge >= 0.3 is 0 Å². The second-order valence-corrected chi connectivity index (χ2v) is 4.51. The van der Waals surface area contributed by atoms with Crippen LogP contribution in [0.3, 0.4) is 0 Å². The van der Waals surface area contributed by atoms with Crippen molar-refractivity contribution in [2.75, 3.05) is 0 Å². The van der Waals surface area contributed by atoms with E-state index in [-0.39, 0.29) is 6.10 Å². The Bertz CT molecular complexity index is 516. The van der Waals surface area contributed by atoms with Crippen LogP contribution in [0.4, 0.5) is 0 Å². The molecule has 98 valence electrons. The number of aryl methyl sites for hydroxylation is 2. The van der Waals surface area contributed by atoms with Crippen LogP contribution in [0.15, 0.2) is 12.4 Å². The predicted octanol–water partition coefficient (Wildman–Crippen LogP) is 0.911. The van der Waals surface area contributed by atoms with Crippen LogP contribution in [0.1, 0.15) is 30.6 Å². The lowest BCUT2D eigenvalue weighted by Gasteiger charge is -2.10. The lowest BCUT2D eigenvalue weighted by molar-refractivity contribution is 0.143. The molecule has 1 unspecified atom stereocenters. The molecule has 0 bridgehead atoms. The monoisotopic (exact) mass is 249 g/mol. The third-order valence-corrected chi connectivity index (χ3v) is 2.95. The Morgan fingerprint density at radius 3 is 2.72 bits per heavy atom. The standard InChI is InChI=1S/C12H19N5O/c1-4-11(18)6-17-12(13-8-14-17)7-16-10(3)5-9(2)15-16/h5,8,11,18H,4,6-7H2,1-3H3. The summed E-state index contributed by atoms with van der Waals surface area (Å²) in [7, 11) is 0. The largest absolute Gasteiger partial charge is 0.391 e. The summed E-state index contributed by atoms with van der Waals surface area (Å²) in [4.78, 5) is 4.23. The van der Waals surface area contributed by atoms with Gasteiger partial charge in [0.25, 0.3) is 0 Å². The first-order valence-corrected chi connectivity index (χ1v) is 6.16. The minimum absolute atomic E-state index is 0.383. The van der Waals surface area contributed by atoms with Crippen LogP contribution in [0.25, 0.3) is 0 Å². The molecule has 6 heteroatoms. The van der Waals surface area contributed by atoms with Gasteiger partial charge < -0.3 is 5.11 Å². The Morgan fingerprint density at radius 1 is 1.33 bits per heavy atom. The molecule has 0 saturated heterocycles. The van der Waals surface area contributed by atoms with Gasteiger partial charge in [-0.2, -0.15) is 10.2 Å². The van der Waals surface area contributed by atoms with Crippen LogP contribution in [0, 0.1) is 13.8 Å². The fourth-order valence-electron chi connectivity index (χ4n) is 1.86. The van der Waals surface area contributed by atoms with Crippen LogP contribution >= 0.6 is 0 Å². The SMILES string of the molecule is CCC(O)Cn1ncnc1Cn1nc(C)cc1C. The third kappa shape index (κ3) is 2.76. The second kappa shape index (κ2) is 5.30. The summed E-state index contributed by atoms with van der Waals surface area (Å²) in [5.74, 6) is 0.814. The molecule has 2 aromatic heterocycles. The molecule has 1 atom stereocenters. The van der Waals surface area contributed by atoms with Gasteiger partial charge in [0, 0.05) is 5.69 Å². The molecule has 0 aliphatic rings. The molecular weight excluding hydrogens is 230 g/mol. The van der Waals surface area contributed by atoms with E-state index in [1.54, 1.807) is 4.68 Å². The smallest absolute Gasteiger partial charge is 0.148 e. The predicted molar refractivity (Wildman–Crippen MR) is 67.1 cm³/mol. The van der Waals surface area contributed by atoms with Crippen LogP contribution in [0.5, 0.6) is 0 Å².